The maximum atomic E-state index is 12.3. The first-order valence-electron chi connectivity index (χ1n) is 10.4. The number of nitrogens with one attached hydrogen (secondary N) is 2. The molecule has 2 N–H and O–H groups in total. The van der Waals surface area contributed by atoms with E-state index in [0.29, 0.717) is 5.96 Å². The smallest absolute Gasteiger partial charge is 0.387 e. The molecule has 9 heteroatoms. The zero-order chi connectivity index (χ0) is 22.1. The number of hydrogen-bond acceptors (Lipinski definition) is 4. The topological polar surface area (TPSA) is 69.2 Å². The van der Waals surface area contributed by atoms with Gasteiger partial charge in [0.2, 0.25) is 5.91 Å². The molecule has 2 atom stereocenters. The Morgan fingerprint density at radius 2 is 2.03 bits per heavy atom. The van der Waals surface area contributed by atoms with Crippen LogP contribution >= 0.6 is 0 Å². The van der Waals surface area contributed by atoms with Gasteiger partial charge in [0.15, 0.2) is 5.96 Å². The monoisotopic (exact) mass is 425 g/mol. The number of halogens is 2. The fourth-order valence-electron chi connectivity index (χ4n) is 3.12. The van der Waals surface area contributed by atoms with Gasteiger partial charge in [-0.25, -0.2) is 4.99 Å². The second-order valence-corrected chi connectivity index (χ2v) is 7.71. The molecule has 1 amide bonds. The molecule has 7 nitrogen and oxygen atoms in total. The van der Waals surface area contributed by atoms with Crippen LogP contribution in [0.25, 0.3) is 0 Å². The predicted octanol–water partition coefficient (Wildman–Crippen LogP) is 2.68. The van der Waals surface area contributed by atoms with Crippen molar-refractivity contribution in [2.75, 3.05) is 38.6 Å². The summed E-state index contributed by atoms with van der Waals surface area (Å²) < 4.78 is 29.1. The summed E-state index contributed by atoms with van der Waals surface area (Å²) in [5.41, 5.74) is 0.958. The van der Waals surface area contributed by atoms with Crippen LogP contribution in [0.5, 0.6) is 5.75 Å². The van der Waals surface area contributed by atoms with Gasteiger partial charge in [-0.3, -0.25) is 4.79 Å². The second-order valence-electron chi connectivity index (χ2n) is 7.71. The van der Waals surface area contributed by atoms with Crippen LogP contribution in [0.4, 0.5) is 14.5 Å². The van der Waals surface area contributed by atoms with Crippen LogP contribution in [0, 0.1) is 0 Å². The Morgan fingerprint density at radius 1 is 1.33 bits per heavy atom. The van der Waals surface area contributed by atoms with E-state index in [-0.39, 0.29) is 30.3 Å². The van der Waals surface area contributed by atoms with E-state index in [1.807, 2.05) is 0 Å². The zero-order valence-corrected chi connectivity index (χ0v) is 18.2. The fraction of sp³-hybridized carbons (Fsp3) is 0.619. The summed E-state index contributed by atoms with van der Waals surface area (Å²) >= 11 is 0. The third-order valence-electron chi connectivity index (χ3n) is 5.06. The van der Waals surface area contributed by atoms with Crippen LogP contribution < -0.4 is 20.3 Å². The Bertz CT molecular complexity index is 697. The van der Waals surface area contributed by atoms with Crippen LogP contribution in [0.2, 0.25) is 0 Å². The van der Waals surface area contributed by atoms with Crippen LogP contribution in [0.1, 0.15) is 33.1 Å². The van der Waals surface area contributed by atoms with Crippen molar-refractivity contribution in [3.63, 3.8) is 0 Å². The number of nitrogens with zero attached hydrogens (tertiary/aromatic N) is 3. The molecule has 1 aliphatic heterocycles. The highest BCUT2D eigenvalue weighted by Gasteiger charge is 2.22. The van der Waals surface area contributed by atoms with E-state index in [2.05, 4.69) is 39.1 Å². The minimum atomic E-state index is -2.82. The Balaban J connectivity index is 2.02. The van der Waals surface area contributed by atoms with Gasteiger partial charge in [0.25, 0.3) is 0 Å². The van der Waals surface area contributed by atoms with Gasteiger partial charge in [-0.1, -0.05) is 6.92 Å². The average Bonchev–Trinajstić information content (AvgIpc) is 2.71. The Morgan fingerprint density at radius 3 is 2.63 bits per heavy atom. The number of carbonyl (C=O) groups is 1. The van der Waals surface area contributed by atoms with E-state index < -0.39 is 6.61 Å². The highest BCUT2D eigenvalue weighted by molar-refractivity contribution is 5.85. The summed E-state index contributed by atoms with van der Waals surface area (Å²) in [6, 6.07) is 7.09. The van der Waals surface area contributed by atoms with Gasteiger partial charge in [0.1, 0.15) is 12.3 Å². The van der Waals surface area contributed by atoms with Gasteiger partial charge >= 0.3 is 6.61 Å². The molecular weight excluding hydrogens is 392 g/mol. The van der Waals surface area contributed by atoms with E-state index in [1.54, 1.807) is 38.4 Å². The van der Waals surface area contributed by atoms with Gasteiger partial charge in [0.05, 0.1) is 0 Å². The average molecular weight is 426 g/mol. The van der Waals surface area contributed by atoms with Crippen molar-refractivity contribution in [3.05, 3.63) is 24.3 Å². The molecule has 0 bridgehead atoms. The first-order valence-corrected chi connectivity index (χ1v) is 10.4. The van der Waals surface area contributed by atoms with Crippen molar-refractivity contribution in [2.45, 2.75) is 51.8 Å². The number of piperidine rings is 1. The normalized spacial score (nSPS) is 18.2. The first-order chi connectivity index (χ1) is 14.3. The van der Waals surface area contributed by atoms with E-state index in [9.17, 15) is 13.6 Å². The molecule has 1 aliphatic rings. The molecule has 0 saturated carbocycles. The number of anilines is 1. The Kier molecular flexibility index (Phi) is 9.14. The summed E-state index contributed by atoms with van der Waals surface area (Å²) in [6.45, 7) is 3.05. The maximum absolute atomic E-state index is 12.3. The summed E-state index contributed by atoms with van der Waals surface area (Å²) in [4.78, 5) is 20.1. The molecular formula is C21H33F2N5O2. The largest absolute Gasteiger partial charge is 0.435 e. The molecule has 30 heavy (non-hydrogen) atoms. The summed E-state index contributed by atoms with van der Waals surface area (Å²) in [7, 11) is 3.42. The lowest BCUT2D eigenvalue weighted by molar-refractivity contribution is -0.127. The van der Waals surface area contributed by atoms with Gasteiger partial charge in [-0.2, -0.15) is 8.78 Å². The molecule has 2 unspecified atom stereocenters. The number of guanidine groups is 1. The van der Waals surface area contributed by atoms with Crippen LogP contribution in [0.3, 0.4) is 0 Å². The van der Waals surface area contributed by atoms with Gasteiger partial charge in [0, 0.05) is 45.0 Å². The number of alkyl halides is 2. The highest BCUT2D eigenvalue weighted by atomic mass is 19.3. The van der Waals surface area contributed by atoms with Crippen molar-refractivity contribution >= 4 is 17.6 Å². The Hall–Kier alpha value is -2.58. The van der Waals surface area contributed by atoms with E-state index in [0.717, 1.165) is 38.0 Å². The lowest BCUT2D eigenvalue weighted by Gasteiger charge is -2.35. The van der Waals surface area contributed by atoms with Crippen molar-refractivity contribution in [1.29, 1.82) is 0 Å². The maximum Gasteiger partial charge on any atom is 0.387 e. The Labute approximate surface area is 177 Å². The number of carbonyl (C=O) groups excluding carboxylic acids is 1. The lowest BCUT2D eigenvalue weighted by atomic mass is 10.0. The van der Waals surface area contributed by atoms with Crippen LogP contribution in [0.15, 0.2) is 29.3 Å². The van der Waals surface area contributed by atoms with Gasteiger partial charge in [-0.05, 0) is 50.5 Å². The van der Waals surface area contributed by atoms with E-state index in [1.165, 1.54) is 4.90 Å². The molecule has 0 spiro atoms. The minimum absolute atomic E-state index is 0.0587. The molecule has 1 saturated heterocycles. The number of hydrogen-bond donors (Lipinski definition) is 2. The first kappa shape index (κ1) is 23.7. The summed E-state index contributed by atoms with van der Waals surface area (Å²) in [5, 5.41) is 6.81. The van der Waals surface area contributed by atoms with Crippen LogP contribution in [-0.4, -0.2) is 69.2 Å². The van der Waals surface area contributed by atoms with Crippen molar-refractivity contribution in [1.82, 2.24) is 15.5 Å². The number of benzene rings is 1. The van der Waals surface area contributed by atoms with Crippen molar-refractivity contribution < 1.29 is 18.3 Å². The predicted molar refractivity (Wildman–Crippen MR) is 115 cm³/mol. The molecule has 0 radical (unpaired) electrons. The van der Waals surface area contributed by atoms with Crippen LogP contribution in [-0.2, 0) is 4.79 Å². The molecule has 1 aromatic rings. The quantitative estimate of drug-likeness (QED) is 0.495. The number of aliphatic imine (C=N–C) groups is 1. The standard InChI is InChI=1S/C21H33F2N5O2/c1-5-15(2)25-21(24-13-19(29)27(3)4)26-16-7-6-12-28(14-16)17-8-10-18(11-9-17)30-20(22)23/h8-11,15-16,20H,5-7,12-14H2,1-4H3,(H2,24,25,26). The third-order valence-corrected chi connectivity index (χ3v) is 5.06. The van der Waals surface area contributed by atoms with E-state index >= 15 is 0 Å². The zero-order valence-electron chi connectivity index (χ0n) is 18.2. The molecule has 168 valence electrons. The summed E-state index contributed by atoms with van der Waals surface area (Å²) in [6.07, 6.45) is 2.90. The number of amides is 1. The molecule has 0 aliphatic carbocycles. The molecule has 1 heterocycles. The van der Waals surface area contributed by atoms with Gasteiger partial charge < -0.3 is 25.2 Å². The number of likely N-dealkylation sites (N-methyl/N-ethyl adjacent to an activating group) is 1. The molecule has 0 aromatic heterocycles. The number of ether oxygens (including phenoxy) is 1. The summed E-state index contributed by atoms with van der Waals surface area (Å²) in [5.74, 6) is 0.724. The minimum Gasteiger partial charge on any atom is -0.435 e. The van der Waals surface area contributed by atoms with E-state index in [4.69, 9.17) is 0 Å². The molecule has 1 fully saturated rings. The fourth-order valence-corrected chi connectivity index (χ4v) is 3.12. The third kappa shape index (κ3) is 7.68. The molecule has 1 aromatic carbocycles. The molecule has 2 rings (SSSR count). The number of rotatable bonds is 8. The van der Waals surface area contributed by atoms with Crippen molar-refractivity contribution in [3.8, 4) is 5.75 Å². The van der Waals surface area contributed by atoms with Gasteiger partial charge in [-0.15, -0.1) is 0 Å². The SMILES string of the molecule is CCC(C)NC(=NCC(=O)N(C)C)NC1CCCN(c2ccc(OC(F)F)cc2)C1. The second kappa shape index (κ2) is 11.6. The van der Waals surface area contributed by atoms with Crippen molar-refractivity contribution in [2.24, 2.45) is 4.99 Å². The lowest BCUT2D eigenvalue weighted by Crippen LogP contribution is -2.53. The highest BCUT2D eigenvalue weighted by Crippen LogP contribution is 2.23.